The van der Waals surface area contributed by atoms with Gasteiger partial charge in [0.25, 0.3) is 0 Å². The van der Waals surface area contributed by atoms with Gasteiger partial charge in [0.05, 0.1) is 18.2 Å². The van der Waals surface area contributed by atoms with Crippen molar-refractivity contribution in [3.63, 3.8) is 0 Å². The molecule has 2 saturated carbocycles. The smallest absolute Gasteiger partial charge is 0.412 e. The van der Waals surface area contributed by atoms with Crippen LogP contribution in [0.2, 0.25) is 0 Å². The van der Waals surface area contributed by atoms with E-state index in [4.69, 9.17) is 24.2 Å². The molecule has 2 fully saturated rings. The number of rotatable bonds is 29. The van der Waals surface area contributed by atoms with Crippen LogP contribution >= 0.6 is 0 Å². The third-order valence-electron chi connectivity index (χ3n) is 14.1. The van der Waals surface area contributed by atoms with Gasteiger partial charge in [0, 0.05) is 51.1 Å². The Bertz CT molecular complexity index is 1590. The van der Waals surface area contributed by atoms with Gasteiger partial charge in [0.1, 0.15) is 24.1 Å². The summed E-state index contributed by atoms with van der Waals surface area (Å²) in [4.78, 5) is 35.2. The molecule has 0 aromatic heterocycles. The minimum Gasteiger partial charge on any atom is -0.459 e. The third-order valence-corrected chi connectivity index (χ3v) is 14.1. The highest BCUT2D eigenvalue weighted by molar-refractivity contribution is 6.03. The highest BCUT2D eigenvalue weighted by atomic mass is 16.7. The number of allylic oxidation sites excluding steroid dienone is 1. The highest BCUT2D eigenvalue weighted by Crippen LogP contribution is 2.62. The summed E-state index contributed by atoms with van der Waals surface area (Å²) in [6.45, 7) is 9.59. The number of fused-ring (bicyclic) bond motifs is 2. The van der Waals surface area contributed by atoms with Gasteiger partial charge in [0.2, 0.25) is 11.7 Å². The molecule has 6 atom stereocenters. The quantitative estimate of drug-likeness (QED) is 0.0411. The van der Waals surface area contributed by atoms with Crippen molar-refractivity contribution in [3.8, 4) is 11.5 Å². The predicted octanol–water partition coefficient (Wildman–Crippen LogP) is 10.8. The van der Waals surface area contributed by atoms with Crippen LogP contribution in [0.3, 0.4) is 0 Å². The van der Waals surface area contributed by atoms with E-state index in [1.807, 2.05) is 31.0 Å². The number of aliphatic hydroxyl groups excluding tert-OH is 2. The van der Waals surface area contributed by atoms with E-state index in [-0.39, 0.29) is 43.5 Å². The summed E-state index contributed by atoms with van der Waals surface area (Å²) < 4.78 is 20.2. The second-order valence-electron chi connectivity index (χ2n) is 18.4. The minimum atomic E-state index is -1.29. The van der Waals surface area contributed by atoms with E-state index in [0.717, 1.165) is 61.8 Å². The van der Waals surface area contributed by atoms with E-state index in [0.29, 0.717) is 56.3 Å². The zero-order chi connectivity index (χ0) is 44.2. The molecule has 0 radical (unpaired) electrons. The monoisotopic (exact) mass is 864 g/mol. The largest absolute Gasteiger partial charge is 0.459 e. The van der Waals surface area contributed by atoms with Crippen LogP contribution in [-0.2, 0) is 14.4 Å². The maximum Gasteiger partial charge on any atom is 0.412 e. The molecule has 0 saturated heterocycles. The fourth-order valence-corrected chi connectivity index (χ4v) is 10.9. The van der Waals surface area contributed by atoms with Crippen molar-refractivity contribution in [1.82, 2.24) is 10.2 Å². The molecule has 5 rings (SSSR count). The maximum atomic E-state index is 14.3. The van der Waals surface area contributed by atoms with Gasteiger partial charge in [0.15, 0.2) is 0 Å². The number of benzene rings is 1. The lowest BCUT2D eigenvalue weighted by atomic mass is 9.55. The number of likely N-dealkylation sites (N-methyl/N-ethyl adjacent to an activating group) is 1. The number of amides is 2. The number of unbranched alkanes of at least 4 members (excludes halogenated alkanes) is 11. The van der Waals surface area contributed by atoms with E-state index < -0.39 is 23.8 Å². The topological polar surface area (TPSA) is 139 Å². The van der Waals surface area contributed by atoms with Crippen LogP contribution in [0, 0.1) is 23.7 Å². The molecular weight excluding hydrogens is 783 g/mol. The fourth-order valence-electron chi connectivity index (χ4n) is 10.9. The molecule has 3 aliphatic carbocycles. The average molecular weight is 864 g/mol. The molecule has 1 aliphatic heterocycles. The Morgan fingerprint density at radius 2 is 1.63 bits per heavy atom. The standard InChI is InChI=1S/C51H81N3O8/c1-5-8-9-10-11-12-13-14-15-20-31-52-50(58)61-40-28-29-45-43(36-40)48-41(26-19-22-33-56)39(25-18-21-32-55)35-42-44(53-60-7-3)37-46(51(62-45,49(42)48)59-34-6-2)54(4)47(57)30-27-38-23-16-17-24-38/h6,28-29,35-36,38-39,41,46,48-49,55-56H,2,5,7-27,30-34,37H2,1,3-4H3,(H,52,58). The number of aliphatic hydroxyl groups is 2. The van der Waals surface area contributed by atoms with Crippen molar-refractivity contribution < 1.29 is 38.9 Å². The van der Waals surface area contributed by atoms with Gasteiger partial charge in [-0.3, -0.25) is 4.79 Å². The van der Waals surface area contributed by atoms with Crippen LogP contribution in [0.5, 0.6) is 11.5 Å². The maximum absolute atomic E-state index is 14.3. The Morgan fingerprint density at radius 3 is 2.31 bits per heavy atom. The van der Waals surface area contributed by atoms with Gasteiger partial charge >= 0.3 is 6.09 Å². The van der Waals surface area contributed by atoms with Crippen molar-refractivity contribution in [2.45, 2.75) is 179 Å². The Hall–Kier alpha value is -3.41. The summed E-state index contributed by atoms with van der Waals surface area (Å²) in [6, 6.07) is 5.11. The van der Waals surface area contributed by atoms with Crippen molar-refractivity contribution in [2.75, 3.05) is 40.0 Å². The first kappa shape index (κ1) is 49.6. The first-order valence-corrected chi connectivity index (χ1v) is 24.7. The van der Waals surface area contributed by atoms with Crippen molar-refractivity contribution >= 4 is 17.7 Å². The lowest BCUT2D eigenvalue weighted by Crippen LogP contribution is -2.69. The Kier molecular flexibility index (Phi) is 21.1. The molecule has 11 heteroatoms. The number of hydrogen-bond acceptors (Lipinski definition) is 9. The van der Waals surface area contributed by atoms with Crippen LogP contribution in [0.25, 0.3) is 0 Å². The fraction of sp³-hybridized carbons (Fsp3) is 0.745. The van der Waals surface area contributed by atoms with Gasteiger partial charge in [-0.05, 0) is 87.0 Å². The first-order valence-electron chi connectivity index (χ1n) is 24.7. The number of carbonyl (C=O) groups is 2. The summed E-state index contributed by atoms with van der Waals surface area (Å²) in [6.07, 6.45) is 27.1. The molecule has 4 aliphatic rings. The molecule has 6 unspecified atom stereocenters. The highest BCUT2D eigenvalue weighted by Gasteiger charge is 2.65. The van der Waals surface area contributed by atoms with Gasteiger partial charge in [-0.2, -0.15) is 0 Å². The number of nitrogens with one attached hydrogen (secondary N) is 1. The second-order valence-corrected chi connectivity index (χ2v) is 18.4. The molecule has 1 aromatic rings. The second kappa shape index (κ2) is 26.4. The summed E-state index contributed by atoms with van der Waals surface area (Å²) >= 11 is 0. The number of nitrogens with zero attached hydrogens (tertiary/aromatic N) is 2. The van der Waals surface area contributed by atoms with E-state index in [2.05, 4.69) is 24.9 Å². The summed E-state index contributed by atoms with van der Waals surface area (Å²) in [7, 11) is 1.88. The molecule has 62 heavy (non-hydrogen) atoms. The van der Waals surface area contributed by atoms with E-state index in [9.17, 15) is 19.8 Å². The number of oxime groups is 1. The summed E-state index contributed by atoms with van der Waals surface area (Å²) in [5, 5.41) is 27.5. The lowest BCUT2D eigenvalue weighted by Gasteiger charge is -2.59. The normalized spacial score (nSPS) is 24.8. The Labute approximate surface area is 373 Å². The molecule has 0 bridgehead atoms. The number of ether oxygens (including phenoxy) is 3. The molecule has 348 valence electrons. The van der Waals surface area contributed by atoms with E-state index in [1.54, 1.807) is 12.1 Å². The molecule has 3 N–H and O–H groups in total. The van der Waals surface area contributed by atoms with Crippen molar-refractivity contribution in [3.05, 3.63) is 48.1 Å². The average Bonchev–Trinajstić information content (AvgIpc) is 3.81. The van der Waals surface area contributed by atoms with Crippen LogP contribution in [0.4, 0.5) is 4.79 Å². The lowest BCUT2D eigenvalue weighted by molar-refractivity contribution is -0.255. The minimum absolute atomic E-state index is 0.0577. The van der Waals surface area contributed by atoms with Crippen molar-refractivity contribution in [2.24, 2.45) is 28.8 Å². The van der Waals surface area contributed by atoms with Crippen LogP contribution < -0.4 is 14.8 Å². The molecule has 0 spiro atoms. The number of hydrogen-bond donors (Lipinski definition) is 3. The molecule has 1 heterocycles. The summed E-state index contributed by atoms with van der Waals surface area (Å²) in [5.74, 6) is 0.0330. The van der Waals surface area contributed by atoms with Gasteiger partial charge in [-0.25, -0.2) is 4.79 Å². The van der Waals surface area contributed by atoms with Gasteiger partial charge < -0.3 is 39.5 Å². The van der Waals surface area contributed by atoms with Crippen LogP contribution in [0.15, 0.2) is 47.7 Å². The molecule has 2 amide bonds. The predicted molar refractivity (Wildman–Crippen MR) is 246 cm³/mol. The Balaban J connectivity index is 1.47. The molecular formula is C51H81N3O8. The summed E-state index contributed by atoms with van der Waals surface area (Å²) in [5.41, 5.74) is 2.70. The van der Waals surface area contributed by atoms with Crippen LogP contribution in [0.1, 0.15) is 173 Å². The van der Waals surface area contributed by atoms with Gasteiger partial charge in [-0.15, -0.1) is 6.58 Å². The van der Waals surface area contributed by atoms with Crippen LogP contribution in [-0.4, -0.2) is 84.7 Å². The Morgan fingerprint density at radius 1 is 0.935 bits per heavy atom. The van der Waals surface area contributed by atoms with E-state index >= 15 is 0 Å². The zero-order valence-corrected chi connectivity index (χ0v) is 38.6. The van der Waals surface area contributed by atoms with E-state index in [1.165, 1.54) is 77.0 Å². The number of carbonyl (C=O) groups excluding carboxylic acids is 2. The SMILES string of the molecule is C=CCOC12Oc3ccc(OC(=O)NCCCCCCCCCCCC)cc3C3C(CCCCO)C(CCCCO)C=C(C(=NOCC)CC1N(C)C(=O)CCC1CCCC1)C32. The molecule has 11 nitrogen and oxygen atoms in total. The van der Waals surface area contributed by atoms with Crippen molar-refractivity contribution in [1.29, 1.82) is 0 Å². The zero-order valence-electron chi connectivity index (χ0n) is 38.6. The van der Waals surface area contributed by atoms with Gasteiger partial charge in [-0.1, -0.05) is 121 Å². The first-order chi connectivity index (χ1) is 30.3. The molecule has 1 aromatic carbocycles. The third kappa shape index (κ3) is 13.3.